The molecule has 1 fully saturated rings. The van der Waals surface area contributed by atoms with Gasteiger partial charge in [0.2, 0.25) is 0 Å². The maximum Gasteiger partial charge on any atom is 0.411 e. The van der Waals surface area contributed by atoms with Crippen LogP contribution in [0.25, 0.3) is 0 Å². The molecule has 18 heavy (non-hydrogen) atoms. The van der Waals surface area contributed by atoms with Crippen molar-refractivity contribution in [2.45, 2.75) is 44.3 Å². The molecule has 0 aromatic heterocycles. The first-order valence-corrected chi connectivity index (χ1v) is 6.30. The van der Waals surface area contributed by atoms with Gasteiger partial charge < -0.3 is 10.1 Å². The van der Waals surface area contributed by atoms with E-state index in [2.05, 4.69) is 16.1 Å². The lowest BCUT2D eigenvalue weighted by Gasteiger charge is -2.20. The van der Waals surface area contributed by atoms with Gasteiger partial charge >= 0.3 is 6.18 Å². The van der Waals surface area contributed by atoms with Crippen LogP contribution in [0.4, 0.5) is 13.2 Å². The summed E-state index contributed by atoms with van der Waals surface area (Å²) in [5, 5.41) is 12.2. The molecule has 6 heteroatoms. The molecule has 0 bridgehead atoms. The van der Waals surface area contributed by atoms with E-state index in [1.165, 1.54) is 0 Å². The van der Waals surface area contributed by atoms with Gasteiger partial charge in [0.1, 0.15) is 6.61 Å². The molecule has 104 valence electrons. The third kappa shape index (κ3) is 6.22. The normalized spacial score (nSPS) is 25.4. The third-order valence-corrected chi connectivity index (χ3v) is 3.10. The Labute approximate surface area is 105 Å². The van der Waals surface area contributed by atoms with Crippen molar-refractivity contribution in [1.82, 2.24) is 5.32 Å². The van der Waals surface area contributed by atoms with E-state index in [-0.39, 0.29) is 18.6 Å². The van der Waals surface area contributed by atoms with Crippen LogP contribution in [-0.2, 0) is 4.74 Å². The molecule has 1 saturated carbocycles. The number of nitrogens with zero attached hydrogens (tertiary/aromatic N) is 1. The SMILES string of the molecule is N#CC1CCCCCC1NCCOCC(F)(F)F. The van der Waals surface area contributed by atoms with Gasteiger partial charge in [-0.05, 0) is 12.8 Å². The summed E-state index contributed by atoms with van der Waals surface area (Å²) in [5.74, 6) is -0.0323. The Kier molecular flexibility index (Phi) is 6.44. The Balaban J connectivity index is 2.18. The lowest BCUT2D eigenvalue weighted by atomic mass is 9.96. The van der Waals surface area contributed by atoms with E-state index in [1.807, 2.05) is 0 Å². The number of ether oxygens (including phenoxy) is 1. The highest BCUT2D eigenvalue weighted by atomic mass is 19.4. The molecule has 1 rings (SSSR count). The number of halogens is 3. The minimum absolute atomic E-state index is 0.0220. The predicted molar refractivity (Wildman–Crippen MR) is 60.9 cm³/mol. The average Bonchev–Trinajstić information content (AvgIpc) is 2.52. The van der Waals surface area contributed by atoms with Crippen LogP contribution in [0.15, 0.2) is 0 Å². The number of hydrogen-bond acceptors (Lipinski definition) is 3. The molecule has 2 atom stereocenters. The van der Waals surface area contributed by atoms with Gasteiger partial charge in [0.05, 0.1) is 18.6 Å². The fraction of sp³-hybridized carbons (Fsp3) is 0.917. The van der Waals surface area contributed by atoms with E-state index >= 15 is 0 Å². The smallest absolute Gasteiger partial charge is 0.371 e. The second-order valence-electron chi connectivity index (χ2n) is 4.60. The van der Waals surface area contributed by atoms with Gasteiger partial charge in [-0.3, -0.25) is 0 Å². The fourth-order valence-corrected chi connectivity index (χ4v) is 2.21. The minimum atomic E-state index is -4.27. The maximum atomic E-state index is 11.8. The molecule has 1 aliphatic carbocycles. The van der Waals surface area contributed by atoms with E-state index < -0.39 is 12.8 Å². The number of rotatable bonds is 5. The summed E-state index contributed by atoms with van der Waals surface area (Å²) in [6.45, 7) is -0.825. The molecule has 0 spiro atoms. The summed E-state index contributed by atoms with van der Waals surface area (Å²) >= 11 is 0. The quantitative estimate of drug-likeness (QED) is 0.613. The number of nitrogens with one attached hydrogen (secondary N) is 1. The van der Waals surface area contributed by atoms with Gasteiger partial charge in [0, 0.05) is 12.6 Å². The molecule has 3 nitrogen and oxygen atoms in total. The summed E-state index contributed by atoms with van der Waals surface area (Å²) < 4.78 is 40.0. The Bertz CT molecular complexity index is 275. The molecular formula is C12H19F3N2O. The first-order valence-electron chi connectivity index (χ1n) is 6.30. The van der Waals surface area contributed by atoms with Crippen LogP contribution in [0, 0.1) is 17.2 Å². The molecule has 0 aromatic rings. The standard InChI is InChI=1S/C12H19F3N2O/c13-12(14,15)9-18-7-6-17-11-5-3-1-2-4-10(11)8-16/h10-11,17H,1-7,9H2. The van der Waals surface area contributed by atoms with Crippen molar-refractivity contribution < 1.29 is 17.9 Å². The highest BCUT2D eigenvalue weighted by Crippen LogP contribution is 2.22. The number of hydrogen-bond donors (Lipinski definition) is 1. The van der Waals surface area contributed by atoms with Gasteiger partial charge in [-0.15, -0.1) is 0 Å². The first kappa shape index (κ1) is 15.3. The second-order valence-corrected chi connectivity index (χ2v) is 4.60. The molecule has 1 aliphatic rings. The summed E-state index contributed by atoms with van der Waals surface area (Å²) in [7, 11) is 0. The summed E-state index contributed by atoms with van der Waals surface area (Å²) in [5.41, 5.74) is 0. The van der Waals surface area contributed by atoms with Crippen LogP contribution >= 0.6 is 0 Å². The number of alkyl halides is 3. The Hall–Kier alpha value is -0.800. The van der Waals surface area contributed by atoms with Gasteiger partial charge in [-0.25, -0.2) is 0 Å². The van der Waals surface area contributed by atoms with Crippen LogP contribution in [0.1, 0.15) is 32.1 Å². The van der Waals surface area contributed by atoms with E-state index in [4.69, 9.17) is 5.26 Å². The lowest BCUT2D eigenvalue weighted by Crippen LogP contribution is -2.37. The lowest BCUT2D eigenvalue weighted by molar-refractivity contribution is -0.173. The Morgan fingerprint density at radius 2 is 1.94 bits per heavy atom. The van der Waals surface area contributed by atoms with Crippen molar-refractivity contribution in [2.75, 3.05) is 19.8 Å². The van der Waals surface area contributed by atoms with Crippen molar-refractivity contribution in [1.29, 1.82) is 5.26 Å². The van der Waals surface area contributed by atoms with Crippen LogP contribution in [0.3, 0.4) is 0 Å². The van der Waals surface area contributed by atoms with Crippen molar-refractivity contribution in [3.05, 3.63) is 0 Å². The third-order valence-electron chi connectivity index (χ3n) is 3.10. The van der Waals surface area contributed by atoms with Gasteiger partial charge in [-0.1, -0.05) is 19.3 Å². The summed E-state index contributed by atoms with van der Waals surface area (Å²) in [6.07, 6.45) is 0.772. The zero-order chi connectivity index (χ0) is 13.4. The molecule has 1 N–H and O–H groups in total. The first-order chi connectivity index (χ1) is 8.53. The van der Waals surface area contributed by atoms with Crippen LogP contribution in [-0.4, -0.2) is 32.0 Å². The highest BCUT2D eigenvalue weighted by Gasteiger charge is 2.27. The second kappa shape index (κ2) is 7.59. The molecule has 0 radical (unpaired) electrons. The molecule has 0 aromatic carbocycles. The Morgan fingerprint density at radius 3 is 2.61 bits per heavy atom. The van der Waals surface area contributed by atoms with E-state index in [0.29, 0.717) is 6.54 Å². The minimum Gasteiger partial charge on any atom is -0.371 e. The van der Waals surface area contributed by atoms with Crippen LogP contribution < -0.4 is 5.32 Å². The van der Waals surface area contributed by atoms with Gasteiger partial charge in [-0.2, -0.15) is 18.4 Å². The van der Waals surface area contributed by atoms with Crippen molar-refractivity contribution in [3.63, 3.8) is 0 Å². The van der Waals surface area contributed by atoms with Crippen molar-refractivity contribution >= 4 is 0 Å². The van der Waals surface area contributed by atoms with E-state index in [1.54, 1.807) is 0 Å². The van der Waals surface area contributed by atoms with Crippen molar-refractivity contribution in [2.24, 2.45) is 5.92 Å². The zero-order valence-electron chi connectivity index (χ0n) is 10.3. The molecule has 2 unspecified atom stereocenters. The predicted octanol–water partition coefficient (Wildman–Crippen LogP) is 2.63. The maximum absolute atomic E-state index is 11.8. The number of nitriles is 1. The summed E-state index contributed by atoms with van der Waals surface area (Å²) in [4.78, 5) is 0. The van der Waals surface area contributed by atoms with Crippen molar-refractivity contribution in [3.8, 4) is 6.07 Å². The molecule has 0 heterocycles. The Morgan fingerprint density at radius 1 is 1.22 bits per heavy atom. The van der Waals surface area contributed by atoms with E-state index in [9.17, 15) is 13.2 Å². The fourth-order valence-electron chi connectivity index (χ4n) is 2.21. The molecule has 0 saturated heterocycles. The zero-order valence-corrected chi connectivity index (χ0v) is 10.3. The molecule has 0 aliphatic heterocycles. The van der Waals surface area contributed by atoms with Gasteiger partial charge in [0.25, 0.3) is 0 Å². The summed E-state index contributed by atoms with van der Waals surface area (Å²) in [6, 6.07) is 2.37. The molecular weight excluding hydrogens is 245 g/mol. The largest absolute Gasteiger partial charge is 0.411 e. The molecule has 0 amide bonds. The average molecular weight is 264 g/mol. The highest BCUT2D eigenvalue weighted by molar-refractivity contribution is 4.93. The van der Waals surface area contributed by atoms with Gasteiger partial charge in [0.15, 0.2) is 0 Å². The van der Waals surface area contributed by atoms with Crippen LogP contribution in [0.5, 0.6) is 0 Å². The monoisotopic (exact) mass is 264 g/mol. The van der Waals surface area contributed by atoms with E-state index in [0.717, 1.165) is 32.1 Å². The van der Waals surface area contributed by atoms with Crippen LogP contribution in [0.2, 0.25) is 0 Å². The topological polar surface area (TPSA) is 45.0 Å².